The molecule has 2 aromatic carbocycles. The summed E-state index contributed by atoms with van der Waals surface area (Å²) in [5.74, 6) is 1.79. The average Bonchev–Trinajstić information content (AvgIpc) is 2.50. The second-order valence-electron chi connectivity index (χ2n) is 4.48. The Balaban J connectivity index is 1.87. The molecule has 0 aliphatic heterocycles. The van der Waals surface area contributed by atoms with Crippen LogP contribution in [-0.2, 0) is 10.5 Å². The maximum absolute atomic E-state index is 11.9. The molecule has 1 N–H and O–H groups in total. The number of ether oxygens (including phenoxy) is 1. The fourth-order valence-electron chi connectivity index (χ4n) is 1.86. The first-order valence-electron chi connectivity index (χ1n) is 6.54. The van der Waals surface area contributed by atoms with Gasteiger partial charge in [0.05, 0.1) is 23.6 Å². The molecule has 0 heterocycles. The average molecular weight is 401 g/mol. The van der Waals surface area contributed by atoms with E-state index < -0.39 is 0 Å². The van der Waals surface area contributed by atoms with Gasteiger partial charge in [0.2, 0.25) is 5.91 Å². The number of rotatable bonds is 6. The molecule has 116 valence electrons. The molecule has 0 bridgehead atoms. The lowest BCUT2D eigenvalue weighted by molar-refractivity contribution is -0.113. The molecule has 22 heavy (non-hydrogen) atoms. The Hall–Kier alpha value is -1.17. The number of halogens is 2. The lowest BCUT2D eigenvalue weighted by Gasteiger charge is -2.09. The number of thioether (sulfide) groups is 1. The van der Waals surface area contributed by atoms with Crippen molar-refractivity contribution >= 4 is 50.9 Å². The van der Waals surface area contributed by atoms with Crippen molar-refractivity contribution in [2.45, 2.75) is 5.75 Å². The molecule has 0 aliphatic carbocycles. The number of methoxy groups -OCH3 is 1. The Morgan fingerprint density at radius 2 is 2.09 bits per heavy atom. The summed E-state index contributed by atoms with van der Waals surface area (Å²) in [4.78, 5) is 11.9. The third-order valence-electron chi connectivity index (χ3n) is 2.88. The van der Waals surface area contributed by atoms with E-state index in [9.17, 15) is 4.79 Å². The van der Waals surface area contributed by atoms with Crippen molar-refractivity contribution in [3.63, 3.8) is 0 Å². The molecule has 2 aromatic rings. The fourth-order valence-corrected chi connectivity index (χ4v) is 3.26. The van der Waals surface area contributed by atoms with E-state index in [1.165, 1.54) is 11.8 Å². The third-order valence-corrected chi connectivity index (χ3v) is 4.69. The van der Waals surface area contributed by atoms with E-state index in [1.54, 1.807) is 19.2 Å². The van der Waals surface area contributed by atoms with Gasteiger partial charge < -0.3 is 10.1 Å². The van der Waals surface area contributed by atoms with Crippen molar-refractivity contribution < 1.29 is 9.53 Å². The van der Waals surface area contributed by atoms with Gasteiger partial charge in [-0.3, -0.25) is 4.79 Å². The van der Waals surface area contributed by atoms with E-state index >= 15 is 0 Å². The normalized spacial score (nSPS) is 10.3. The summed E-state index contributed by atoms with van der Waals surface area (Å²) in [5, 5.41) is 3.34. The third kappa shape index (κ3) is 4.93. The monoisotopic (exact) mass is 399 g/mol. The molecule has 0 aliphatic rings. The van der Waals surface area contributed by atoms with Crippen molar-refractivity contribution in [2.75, 3.05) is 18.2 Å². The van der Waals surface area contributed by atoms with Gasteiger partial charge >= 0.3 is 0 Å². The molecular weight excluding hydrogens is 386 g/mol. The Morgan fingerprint density at radius 1 is 1.32 bits per heavy atom. The highest BCUT2D eigenvalue weighted by Crippen LogP contribution is 2.27. The molecule has 3 nitrogen and oxygen atoms in total. The molecule has 0 fully saturated rings. The van der Waals surface area contributed by atoms with Crippen LogP contribution in [-0.4, -0.2) is 18.8 Å². The number of carbonyl (C=O) groups excluding carboxylic acids is 1. The predicted molar refractivity (Wildman–Crippen MR) is 96.9 cm³/mol. The van der Waals surface area contributed by atoms with Crippen LogP contribution in [0.5, 0.6) is 5.75 Å². The van der Waals surface area contributed by atoms with Crippen LogP contribution in [0.3, 0.4) is 0 Å². The van der Waals surface area contributed by atoms with Crippen molar-refractivity contribution in [1.82, 2.24) is 0 Å². The topological polar surface area (TPSA) is 38.3 Å². The van der Waals surface area contributed by atoms with Gasteiger partial charge in [0.1, 0.15) is 5.75 Å². The Morgan fingerprint density at radius 3 is 2.82 bits per heavy atom. The lowest BCUT2D eigenvalue weighted by Crippen LogP contribution is -2.14. The maximum atomic E-state index is 11.9. The molecule has 0 aromatic heterocycles. The van der Waals surface area contributed by atoms with Crippen LogP contribution in [0.2, 0.25) is 5.02 Å². The summed E-state index contributed by atoms with van der Waals surface area (Å²) < 4.78 is 6.31. The van der Waals surface area contributed by atoms with Crippen LogP contribution >= 0.6 is 39.3 Å². The number of amides is 1. The smallest absolute Gasteiger partial charge is 0.234 e. The van der Waals surface area contributed by atoms with Gasteiger partial charge in [-0.15, -0.1) is 11.8 Å². The van der Waals surface area contributed by atoms with Gasteiger partial charge in [-0.1, -0.05) is 39.7 Å². The minimum atomic E-state index is -0.0768. The highest BCUT2D eigenvalue weighted by molar-refractivity contribution is 9.10. The molecule has 0 radical (unpaired) electrons. The summed E-state index contributed by atoms with van der Waals surface area (Å²) in [6, 6.07) is 13.0. The van der Waals surface area contributed by atoms with Crippen LogP contribution in [0.25, 0.3) is 0 Å². The number of benzene rings is 2. The maximum Gasteiger partial charge on any atom is 0.234 e. The van der Waals surface area contributed by atoms with E-state index in [0.717, 1.165) is 15.8 Å². The highest BCUT2D eigenvalue weighted by atomic mass is 79.9. The second-order valence-corrected chi connectivity index (χ2v) is 6.79. The van der Waals surface area contributed by atoms with E-state index in [-0.39, 0.29) is 5.91 Å². The fraction of sp³-hybridized carbons (Fsp3) is 0.188. The number of carbonyl (C=O) groups is 1. The van der Waals surface area contributed by atoms with Crippen molar-refractivity contribution in [3.8, 4) is 5.75 Å². The Bertz CT molecular complexity index is 666. The minimum Gasteiger partial charge on any atom is -0.496 e. The molecule has 0 saturated carbocycles. The van der Waals surface area contributed by atoms with Crippen molar-refractivity contribution in [3.05, 3.63) is 57.5 Å². The number of nitrogens with one attached hydrogen (secondary N) is 1. The van der Waals surface area contributed by atoms with Gasteiger partial charge in [-0.2, -0.15) is 0 Å². The van der Waals surface area contributed by atoms with E-state index in [1.807, 2.05) is 30.3 Å². The summed E-state index contributed by atoms with van der Waals surface area (Å²) >= 11 is 11.0. The number of hydrogen-bond donors (Lipinski definition) is 1. The zero-order chi connectivity index (χ0) is 15.9. The van der Waals surface area contributed by atoms with Crippen LogP contribution in [0, 0.1) is 0 Å². The zero-order valence-corrected chi connectivity index (χ0v) is 15.1. The van der Waals surface area contributed by atoms with Gasteiger partial charge in [0, 0.05) is 15.8 Å². The van der Waals surface area contributed by atoms with Crippen molar-refractivity contribution in [2.24, 2.45) is 0 Å². The first-order chi connectivity index (χ1) is 10.6. The molecule has 0 unspecified atom stereocenters. The Kier molecular flexibility index (Phi) is 6.61. The number of anilines is 1. The second kappa shape index (κ2) is 8.46. The molecule has 0 atom stereocenters. The molecule has 6 heteroatoms. The van der Waals surface area contributed by atoms with Gasteiger partial charge in [-0.05, 0) is 30.3 Å². The lowest BCUT2D eigenvalue weighted by atomic mass is 10.2. The zero-order valence-electron chi connectivity index (χ0n) is 11.9. The molecule has 0 saturated heterocycles. The van der Waals surface area contributed by atoms with Gasteiger partial charge in [0.15, 0.2) is 0 Å². The first-order valence-corrected chi connectivity index (χ1v) is 8.87. The molecule has 0 spiro atoms. The summed E-state index contributed by atoms with van der Waals surface area (Å²) in [5.41, 5.74) is 1.68. The molecule has 2 rings (SSSR count). The van der Waals surface area contributed by atoms with Crippen LogP contribution < -0.4 is 10.1 Å². The van der Waals surface area contributed by atoms with Crippen LogP contribution in [0.15, 0.2) is 46.9 Å². The van der Waals surface area contributed by atoms with Crippen LogP contribution in [0.4, 0.5) is 5.69 Å². The van der Waals surface area contributed by atoms with Crippen LogP contribution in [0.1, 0.15) is 5.56 Å². The summed E-state index contributed by atoms with van der Waals surface area (Å²) in [7, 11) is 1.64. The first kappa shape index (κ1) is 17.2. The summed E-state index contributed by atoms with van der Waals surface area (Å²) in [6.07, 6.45) is 0. The highest BCUT2D eigenvalue weighted by Gasteiger charge is 2.08. The van der Waals surface area contributed by atoms with E-state index in [2.05, 4.69) is 21.2 Å². The Labute approximate surface area is 147 Å². The minimum absolute atomic E-state index is 0.0768. The quantitative estimate of drug-likeness (QED) is 0.743. The van der Waals surface area contributed by atoms with Gasteiger partial charge in [0.25, 0.3) is 0 Å². The molecular formula is C16H15BrClNO2S. The SMILES string of the molecule is COc1ccc(Br)cc1CSCC(=O)Nc1ccccc1Cl. The van der Waals surface area contributed by atoms with E-state index in [0.29, 0.717) is 22.2 Å². The number of hydrogen-bond acceptors (Lipinski definition) is 3. The van der Waals surface area contributed by atoms with Gasteiger partial charge in [-0.25, -0.2) is 0 Å². The summed E-state index contributed by atoms with van der Waals surface area (Å²) in [6.45, 7) is 0. The van der Waals surface area contributed by atoms with Crippen molar-refractivity contribution in [1.29, 1.82) is 0 Å². The largest absolute Gasteiger partial charge is 0.496 e. The number of para-hydroxylation sites is 1. The van der Waals surface area contributed by atoms with E-state index in [4.69, 9.17) is 16.3 Å². The molecule has 1 amide bonds. The standard InChI is InChI=1S/C16H15BrClNO2S/c1-21-15-7-6-12(17)8-11(15)9-22-10-16(20)19-14-5-3-2-4-13(14)18/h2-8H,9-10H2,1H3,(H,19,20). The predicted octanol–water partition coefficient (Wildman–Crippen LogP) is 4.98.